The molecule has 0 unspecified atom stereocenters. The SMILES string of the molecule is COc1ccc(N2CCN(C(=S)NC(=O)c3ccc(N4CCOCC4)c([N+](=O)[O-])c3)CC2)c([N+](=O)[O-])c1. The second-order valence-corrected chi connectivity index (χ2v) is 8.79. The molecule has 2 aromatic carbocycles. The molecule has 0 radical (unpaired) electrons. The molecule has 2 aliphatic rings. The van der Waals surface area contributed by atoms with Gasteiger partial charge in [0.05, 0.1) is 36.2 Å². The van der Waals surface area contributed by atoms with Crippen LogP contribution in [0.3, 0.4) is 0 Å². The van der Waals surface area contributed by atoms with Crippen LogP contribution in [0.15, 0.2) is 36.4 Å². The monoisotopic (exact) mass is 530 g/mol. The maximum atomic E-state index is 12.8. The first-order valence-corrected chi connectivity index (χ1v) is 12.0. The highest BCUT2D eigenvalue weighted by molar-refractivity contribution is 7.80. The molecule has 14 heteroatoms. The maximum Gasteiger partial charge on any atom is 0.296 e. The number of methoxy groups -OCH3 is 1. The summed E-state index contributed by atoms with van der Waals surface area (Å²) in [5.41, 5.74) is 0.837. The van der Waals surface area contributed by atoms with Gasteiger partial charge in [-0.2, -0.15) is 0 Å². The molecule has 2 aromatic rings. The lowest BCUT2D eigenvalue weighted by molar-refractivity contribution is -0.384. The Morgan fingerprint density at radius 1 is 0.919 bits per heavy atom. The Kier molecular flexibility index (Phi) is 7.98. The van der Waals surface area contributed by atoms with Gasteiger partial charge in [0, 0.05) is 50.9 Å². The van der Waals surface area contributed by atoms with Gasteiger partial charge in [-0.3, -0.25) is 30.3 Å². The van der Waals surface area contributed by atoms with Gasteiger partial charge in [-0.05, 0) is 36.5 Å². The third-order valence-electron chi connectivity index (χ3n) is 6.29. The minimum Gasteiger partial charge on any atom is -0.496 e. The number of carbonyl (C=O) groups is 1. The molecule has 2 fully saturated rings. The van der Waals surface area contributed by atoms with Crippen molar-refractivity contribution in [1.29, 1.82) is 0 Å². The van der Waals surface area contributed by atoms with Gasteiger partial charge in [0.2, 0.25) is 0 Å². The van der Waals surface area contributed by atoms with E-state index in [0.717, 1.165) is 0 Å². The van der Waals surface area contributed by atoms with Crippen molar-refractivity contribution in [2.24, 2.45) is 0 Å². The zero-order valence-corrected chi connectivity index (χ0v) is 20.9. The van der Waals surface area contributed by atoms with E-state index in [0.29, 0.717) is 69.6 Å². The summed E-state index contributed by atoms with van der Waals surface area (Å²) in [4.78, 5) is 40.6. The number of nitrogens with zero attached hydrogens (tertiary/aromatic N) is 5. The Labute approximate surface area is 217 Å². The average Bonchev–Trinajstić information content (AvgIpc) is 2.92. The average molecular weight is 531 g/mol. The van der Waals surface area contributed by atoms with E-state index >= 15 is 0 Å². The van der Waals surface area contributed by atoms with Crippen molar-refractivity contribution in [3.63, 3.8) is 0 Å². The molecular formula is C23H26N6O7S. The number of carbonyl (C=O) groups excluding carboxylic acids is 1. The third kappa shape index (κ3) is 5.86. The van der Waals surface area contributed by atoms with Gasteiger partial charge in [-0.15, -0.1) is 0 Å². The summed E-state index contributed by atoms with van der Waals surface area (Å²) in [7, 11) is 1.45. The van der Waals surface area contributed by atoms with Gasteiger partial charge in [-0.1, -0.05) is 0 Å². The lowest BCUT2D eigenvalue weighted by atomic mass is 10.1. The Bertz CT molecular complexity index is 1210. The zero-order valence-electron chi connectivity index (χ0n) is 20.1. The quantitative estimate of drug-likeness (QED) is 0.333. The molecule has 196 valence electrons. The maximum absolute atomic E-state index is 12.8. The molecule has 2 heterocycles. The predicted octanol–water partition coefficient (Wildman–Crippen LogP) is 2.19. The molecular weight excluding hydrogens is 504 g/mol. The second kappa shape index (κ2) is 11.3. The standard InChI is InChI=1S/C23H26N6O7S/c1-35-17-3-5-19(21(15-17)29(33)34)25-6-8-27(9-7-25)23(37)24-22(30)16-2-4-18(20(14-16)28(31)32)26-10-12-36-13-11-26/h2-5,14-15H,6-13H2,1H3,(H,24,30,37). The van der Waals surface area contributed by atoms with E-state index in [4.69, 9.17) is 21.7 Å². The van der Waals surface area contributed by atoms with Gasteiger partial charge in [0.1, 0.15) is 17.1 Å². The van der Waals surface area contributed by atoms with Crippen molar-refractivity contribution in [3.8, 4) is 5.75 Å². The van der Waals surface area contributed by atoms with Crippen LogP contribution in [0.2, 0.25) is 0 Å². The van der Waals surface area contributed by atoms with Gasteiger partial charge < -0.3 is 24.2 Å². The number of benzene rings is 2. The highest BCUT2D eigenvalue weighted by atomic mass is 32.1. The van der Waals surface area contributed by atoms with Crippen molar-refractivity contribution in [2.75, 3.05) is 69.4 Å². The molecule has 1 N–H and O–H groups in total. The van der Waals surface area contributed by atoms with Crippen LogP contribution >= 0.6 is 12.2 Å². The lowest BCUT2D eigenvalue weighted by Gasteiger charge is -2.37. The molecule has 37 heavy (non-hydrogen) atoms. The zero-order chi connectivity index (χ0) is 26.5. The smallest absolute Gasteiger partial charge is 0.296 e. The lowest BCUT2D eigenvalue weighted by Crippen LogP contribution is -2.52. The number of nitro benzene ring substituents is 2. The highest BCUT2D eigenvalue weighted by Gasteiger charge is 2.27. The van der Waals surface area contributed by atoms with Crippen LogP contribution in [0.25, 0.3) is 0 Å². The summed E-state index contributed by atoms with van der Waals surface area (Å²) < 4.78 is 10.4. The number of piperazine rings is 1. The second-order valence-electron chi connectivity index (χ2n) is 8.41. The summed E-state index contributed by atoms with van der Waals surface area (Å²) in [5, 5.41) is 26.1. The molecule has 0 atom stereocenters. The molecule has 2 aliphatic heterocycles. The molecule has 0 spiro atoms. The van der Waals surface area contributed by atoms with E-state index in [-0.39, 0.29) is 22.1 Å². The number of ether oxygens (including phenoxy) is 2. The van der Waals surface area contributed by atoms with Crippen LogP contribution in [-0.4, -0.2) is 85.4 Å². The Hall–Kier alpha value is -4.04. The number of morpholine rings is 1. The van der Waals surface area contributed by atoms with E-state index < -0.39 is 15.8 Å². The number of thiocarbonyl (C=S) groups is 1. The Morgan fingerprint density at radius 2 is 1.49 bits per heavy atom. The van der Waals surface area contributed by atoms with E-state index in [1.807, 2.05) is 9.80 Å². The topological polar surface area (TPSA) is 144 Å². The van der Waals surface area contributed by atoms with Crippen molar-refractivity contribution in [1.82, 2.24) is 10.2 Å². The number of nitrogens with one attached hydrogen (secondary N) is 1. The molecule has 2 saturated heterocycles. The molecule has 1 amide bonds. The minimum absolute atomic E-state index is 0.0502. The van der Waals surface area contributed by atoms with E-state index in [2.05, 4.69) is 5.32 Å². The first-order valence-electron chi connectivity index (χ1n) is 11.6. The highest BCUT2D eigenvalue weighted by Crippen LogP contribution is 2.33. The van der Waals surface area contributed by atoms with Crippen LogP contribution < -0.4 is 19.9 Å². The van der Waals surface area contributed by atoms with Crippen molar-refractivity contribution in [3.05, 3.63) is 62.2 Å². The van der Waals surface area contributed by atoms with Crippen LogP contribution in [0.1, 0.15) is 10.4 Å². The van der Waals surface area contributed by atoms with Gasteiger partial charge >= 0.3 is 0 Å². The first kappa shape index (κ1) is 26.0. The van der Waals surface area contributed by atoms with Gasteiger partial charge in [0.15, 0.2) is 5.11 Å². The number of anilines is 2. The van der Waals surface area contributed by atoms with Crippen LogP contribution in [0, 0.1) is 20.2 Å². The fourth-order valence-corrected chi connectivity index (χ4v) is 4.60. The number of rotatable bonds is 6. The molecule has 0 bridgehead atoms. The van der Waals surface area contributed by atoms with Crippen molar-refractivity contribution >= 4 is 46.0 Å². The number of amides is 1. The van der Waals surface area contributed by atoms with Crippen LogP contribution in [0.4, 0.5) is 22.7 Å². The Balaban J connectivity index is 1.39. The summed E-state index contributed by atoms with van der Waals surface area (Å²) in [6.07, 6.45) is 0. The number of hydrogen-bond acceptors (Lipinski definition) is 10. The largest absolute Gasteiger partial charge is 0.496 e. The fourth-order valence-electron chi connectivity index (χ4n) is 4.33. The third-order valence-corrected chi connectivity index (χ3v) is 6.65. The number of nitro groups is 2. The Morgan fingerprint density at radius 3 is 2.08 bits per heavy atom. The summed E-state index contributed by atoms with van der Waals surface area (Å²) in [6.45, 7) is 3.77. The van der Waals surface area contributed by atoms with Crippen molar-refractivity contribution in [2.45, 2.75) is 0 Å². The molecule has 13 nitrogen and oxygen atoms in total. The van der Waals surface area contributed by atoms with E-state index in [9.17, 15) is 25.0 Å². The molecule has 0 aromatic heterocycles. The summed E-state index contributed by atoms with van der Waals surface area (Å²) in [5.74, 6) is -0.147. The van der Waals surface area contributed by atoms with Crippen LogP contribution in [0.5, 0.6) is 5.75 Å². The molecule has 0 aliphatic carbocycles. The van der Waals surface area contributed by atoms with Crippen molar-refractivity contribution < 1.29 is 24.1 Å². The van der Waals surface area contributed by atoms with Crippen LogP contribution in [-0.2, 0) is 4.74 Å². The normalized spacial score (nSPS) is 15.8. The minimum atomic E-state index is -0.546. The first-order chi connectivity index (χ1) is 17.8. The van der Waals surface area contributed by atoms with Gasteiger partial charge in [-0.25, -0.2) is 0 Å². The predicted molar refractivity (Wildman–Crippen MR) is 140 cm³/mol. The molecule has 0 saturated carbocycles. The number of hydrogen-bond donors (Lipinski definition) is 1. The summed E-state index contributed by atoms with van der Waals surface area (Å²) >= 11 is 5.41. The van der Waals surface area contributed by atoms with Gasteiger partial charge in [0.25, 0.3) is 17.3 Å². The van der Waals surface area contributed by atoms with E-state index in [1.54, 1.807) is 23.1 Å². The van der Waals surface area contributed by atoms with E-state index in [1.165, 1.54) is 25.3 Å². The summed E-state index contributed by atoms with van der Waals surface area (Å²) in [6, 6.07) is 9.07. The molecule has 4 rings (SSSR count). The fraction of sp³-hybridized carbons (Fsp3) is 0.391.